The van der Waals surface area contributed by atoms with Gasteiger partial charge in [-0.2, -0.15) is 31.4 Å². The molecular formula is C15H6ClF6N5. The lowest BCUT2D eigenvalue weighted by molar-refractivity contribution is -0.145. The molecule has 1 aromatic carbocycles. The monoisotopic (exact) mass is 405 g/mol. The first-order chi connectivity index (χ1) is 12.6. The minimum atomic E-state index is -4.94. The van der Waals surface area contributed by atoms with Crippen molar-refractivity contribution in [3.8, 4) is 5.69 Å². The molecule has 0 fully saturated rings. The van der Waals surface area contributed by atoms with Crippen LogP contribution < -0.4 is 0 Å². The van der Waals surface area contributed by atoms with Crippen LogP contribution in [0.3, 0.4) is 0 Å². The van der Waals surface area contributed by atoms with Gasteiger partial charge in [0.1, 0.15) is 11.2 Å². The highest BCUT2D eigenvalue weighted by atomic mass is 35.5. The van der Waals surface area contributed by atoms with Gasteiger partial charge in [0.25, 0.3) is 0 Å². The summed E-state index contributed by atoms with van der Waals surface area (Å²) in [6.07, 6.45) is -8.39. The van der Waals surface area contributed by atoms with Gasteiger partial charge in [-0.1, -0.05) is 11.6 Å². The first kappa shape index (κ1) is 17.6. The lowest BCUT2D eigenvalue weighted by Crippen LogP contribution is -2.14. The Hall–Kier alpha value is -2.82. The van der Waals surface area contributed by atoms with Gasteiger partial charge >= 0.3 is 12.4 Å². The summed E-state index contributed by atoms with van der Waals surface area (Å²) in [5.74, 6) is -1.42. The Morgan fingerprint density at radius 3 is 2.37 bits per heavy atom. The van der Waals surface area contributed by atoms with Gasteiger partial charge in [-0.25, -0.2) is 9.97 Å². The third-order valence-electron chi connectivity index (χ3n) is 3.80. The number of nitrogens with one attached hydrogen (secondary N) is 1. The number of nitrogens with zero attached hydrogens (tertiary/aromatic N) is 4. The fourth-order valence-electron chi connectivity index (χ4n) is 2.67. The number of alkyl halides is 6. The van der Waals surface area contributed by atoms with E-state index in [-0.39, 0.29) is 16.2 Å². The van der Waals surface area contributed by atoms with Gasteiger partial charge in [0.15, 0.2) is 5.65 Å². The number of fused-ring (bicyclic) bond motifs is 2. The molecule has 1 N–H and O–H groups in total. The molecule has 140 valence electrons. The van der Waals surface area contributed by atoms with Crippen LogP contribution in [0.4, 0.5) is 26.3 Å². The zero-order valence-electron chi connectivity index (χ0n) is 12.8. The van der Waals surface area contributed by atoms with E-state index >= 15 is 0 Å². The largest absolute Gasteiger partial charge is 0.450 e. The van der Waals surface area contributed by atoms with Crippen molar-refractivity contribution in [2.75, 3.05) is 0 Å². The second-order valence-electron chi connectivity index (χ2n) is 5.56. The number of benzene rings is 1. The van der Waals surface area contributed by atoms with Crippen LogP contribution in [-0.4, -0.2) is 24.7 Å². The Labute approximate surface area is 150 Å². The molecule has 0 saturated carbocycles. The third-order valence-corrected chi connectivity index (χ3v) is 4.11. The number of hydrogen-bond donors (Lipinski definition) is 1. The highest BCUT2D eigenvalue weighted by Gasteiger charge is 2.40. The number of halogens is 7. The summed E-state index contributed by atoms with van der Waals surface area (Å²) in [7, 11) is 0. The van der Waals surface area contributed by atoms with E-state index in [4.69, 9.17) is 11.6 Å². The van der Waals surface area contributed by atoms with Gasteiger partial charge in [-0.05, 0) is 24.3 Å². The molecule has 4 rings (SSSR count). The van der Waals surface area contributed by atoms with Crippen LogP contribution in [0, 0.1) is 0 Å². The minimum absolute atomic E-state index is 0.0678. The van der Waals surface area contributed by atoms with Crippen molar-refractivity contribution in [3.05, 3.63) is 47.0 Å². The molecule has 0 unspecified atom stereocenters. The van der Waals surface area contributed by atoms with Crippen molar-refractivity contribution in [1.29, 1.82) is 0 Å². The molecule has 5 nitrogen and oxygen atoms in total. The number of pyridine rings is 1. The standard InChI is InChI=1S/C15H6ClF6N5/c16-8-3-6(4-10-7(8)5-23-26-10)27-12-9(24-13(27)15(20,21)22)1-2-11(25-12)14(17,18)19/h1-5H,(H,23,26). The summed E-state index contributed by atoms with van der Waals surface area (Å²) in [4.78, 5) is 6.78. The first-order valence-corrected chi connectivity index (χ1v) is 7.60. The van der Waals surface area contributed by atoms with E-state index in [0.717, 1.165) is 6.07 Å². The molecule has 0 aliphatic heterocycles. The number of aromatic amines is 1. The molecule has 0 aliphatic rings. The molecule has 0 radical (unpaired) electrons. The quantitative estimate of drug-likeness (QED) is 0.454. The van der Waals surface area contributed by atoms with E-state index in [1.807, 2.05) is 0 Å². The molecule has 12 heteroatoms. The fourth-order valence-corrected chi connectivity index (χ4v) is 2.93. The topological polar surface area (TPSA) is 59.4 Å². The molecular weight excluding hydrogens is 400 g/mol. The van der Waals surface area contributed by atoms with Crippen molar-refractivity contribution in [1.82, 2.24) is 24.7 Å². The van der Waals surface area contributed by atoms with Crippen LogP contribution in [-0.2, 0) is 12.4 Å². The Kier molecular flexibility index (Phi) is 3.64. The van der Waals surface area contributed by atoms with Crippen LogP contribution in [0.25, 0.3) is 27.8 Å². The van der Waals surface area contributed by atoms with E-state index in [1.54, 1.807) is 0 Å². The van der Waals surface area contributed by atoms with E-state index in [9.17, 15) is 26.3 Å². The molecule has 0 amide bonds. The van der Waals surface area contributed by atoms with Crippen molar-refractivity contribution < 1.29 is 26.3 Å². The van der Waals surface area contributed by atoms with Crippen molar-refractivity contribution in [2.45, 2.75) is 12.4 Å². The predicted molar refractivity (Wildman–Crippen MR) is 83.5 cm³/mol. The molecule has 27 heavy (non-hydrogen) atoms. The van der Waals surface area contributed by atoms with Gasteiger partial charge in [0, 0.05) is 5.39 Å². The average molecular weight is 406 g/mol. The fraction of sp³-hybridized carbons (Fsp3) is 0.133. The number of H-pyrrole nitrogens is 1. The maximum absolute atomic E-state index is 13.5. The SMILES string of the molecule is FC(F)(F)c1ccc2nc(C(F)(F)F)n(-c3cc(Cl)c4cn[nH]c4c3)c2n1. The van der Waals surface area contributed by atoms with Gasteiger partial charge < -0.3 is 0 Å². The van der Waals surface area contributed by atoms with Crippen LogP contribution in [0.5, 0.6) is 0 Å². The Morgan fingerprint density at radius 2 is 1.70 bits per heavy atom. The summed E-state index contributed by atoms with van der Waals surface area (Å²) in [5, 5.41) is 6.81. The number of rotatable bonds is 1. The second-order valence-corrected chi connectivity index (χ2v) is 5.97. The summed E-state index contributed by atoms with van der Waals surface area (Å²) in [5.41, 5.74) is -2.11. The molecule has 4 aromatic rings. The van der Waals surface area contributed by atoms with E-state index in [0.29, 0.717) is 21.5 Å². The van der Waals surface area contributed by atoms with Crippen molar-refractivity contribution in [3.63, 3.8) is 0 Å². The zero-order valence-corrected chi connectivity index (χ0v) is 13.6. The van der Waals surface area contributed by atoms with E-state index in [1.165, 1.54) is 18.3 Å². The molecule has 3 aromatic heterocycles. The highest BCUT2D eigenvalue weighted by molar-refractivity contribution is 6.35. The molecule has 0 saturated heterocycles. The van der Waals surface area contributed by atoms with Gasteiger partial charge in [-0.3, -0.25) is 9.67 Å². The third kappa shape index (κ3) is 2.87. The number of aromatic nitrogens is 5. The molecule has 3 heterocycles. The molecule has 0 aliphatic carbocycles. The Morgan fingerprint density at radius 1 is 0.963 bits per heavy atom. The highest BCUT2D eigenvalue weighted by Crippen LogP contribution is 2.36. The number of hydrogen-bond acceptors (Lipinski definition) is 3. The van der Waals surface area contributed by atoms with Crippen LogP contribution >= 0.6 is 11.6 Å². The molecule has 0 bridgehead atoms. The Bertz CT molecular complexity index is 1170. The minimum Gasteiger partial charge on any atom is -0.278 e. The van der Waals surface area contributed by atoms with Crippen molar-refractivity contribution >= 4 is 33.7 Å². The maximum atomic E-state index is 13.5. The maximum Gasteiger partial charge on any atom is 0.450 e. The van der Waals surface area contributed by atoms with Gasteiger partial charge in [0.05, 0.1) is 22.4 Å². The van der Waals surface area contributed by atoms with Gasteiger partial charge in [-0.15, -0.1) is 0 Å². The van der Waals surface area contributed by atoms with E-state index < -0.39 is 29.5 Å². The lowest BCUT2D eigenvalue weighted by atomic mass is 10.2. The van der Waals surface area contributed by atoms with Crippen LogP contribution in [0.15, 0.2) is 30.5 Å². The molecule has 0 atom stereocenters. The number of imidazole rings is 1. The first-order valence-electron chi connectivity index (χ1n) is 7.22. The summed E-state index contributed by atoms with van der Waals surface area (Å²) in [6.45, 7) is 0. The summed E-state index contributed by atoms with van der Waals surface area (Å²) in [6, 6.07) is 3.86. The van der Waals surface area contributed by atoms with Crippen molar-refractivity contribution in [2.24, 2.45) is 0 Å². The average Bonchev–Trinajstić information content (AvgIpc) is 3.17. The van der Waals surface area contributed by atoms with Crippen LogP contribution in [0.2, 0.25) is 5.02 Å². The second kappa shape index (κ2) is 5.59. The lowest BCUT2D eigenvalue weighted by Gasteiger charge is -2.12. The Balaban J connectivity index is 2.09. The van der Waals surface area contributed by atoms with Gasteiger partial charge in [0.2, 0.25) is 5.82 Å². The predicted octanol–water partition coefficient (Wildman–Crippen LogP) is 4.99. The smallest absolute Gasteiger partial charge is 0.278 e. The normalized spacial score (nSPS) is 13.0. The summed E-state index contributed by atoms with van der Waals surface area (Å²) >= 11 is 6.07. The zero-order chi connectivity index (χ0) is 19.6. The van der Waals surface area contributed by atoms with E-state index in [2.05, 4.69) is 20.2 Å². The van der Waals surface area contributed by atoms with Crippen LogP contribution in [0.1, 0.15) is 11.5 Å². The molecule has 0 spiro atoms. The summed E-state index contributed by atoms with van der Waals surface area (Å²) < 4.78 is 79.8.